The molecule has 1 aliphatic carbocycles. The third-order valence-corrected chi connectivity index (χ3v) is 13.7. The molecule has 2 heterocycles. The van der Waals surface area contributed by atoms with E-state index in [0.717, 1.165) is 25.7 Å². The molecular formula is C32H44O4Si. The molecule has 2 aromatic carbocycles. The summed E-state index contributed by atoms with van der Waals surface area (Å²) < 4.78 is 27.1. The lowest BCUT2D eigenvalue weighted by Gasteiger charge is -2.43. The molecule has 5 heteroatoms. The predicted octanol–water partition coefficient (Wildman–Crippen LogP) is 5.99. The molecule has 0 bridgehead atoms. The number of hydrogen-bond donors (Lipinski definition) is 0. The summed E-state index contributed by atoms with van der Waals surface area (Å²) in [6.45, 7) is 12.3. The molecule has 37 heavy (non-hydrogen) atoms. The van der Waals surface area contributed by atoms with Gasteiger partial charge in [0.1, 0.15) is 6.10 Å². The molecule has 1 saturated carbocycles. The Hall–Kier alpha value is -1.76. The Bertz CT molecular complexity index is 973. The van der Waals surface area contributed by atoms with Gasteiger partial charge in [-0.25, -0.2) is 0 Å². The fourth-order valence-electron chi connectivity index (χ4n) is 6.81. The van der Waals surface area contributed by atoms with Crippen LogP contribution in [0.1, 0.15) is 65.7 Å². The third kappa shape index (κ3) is 5.26. The molecule has 4 nitrogen and oxygen atoms in total. The van der Waals surface area contributed by atoms with Gasteiger partial charge in [-0.1, -0.05) is 93.9 Å². The van der Waals surface area contributed by atoms with Crippen molar-refractivity contribution in [2.75, 3.05) is 13.2 Å². The maximum absolute atomic E-state index is 7.20. The van der Waals surface area contributed by atoms with Gasteiger partial charge in [-0.2, -0.15) is 0 Å². The number of ether oxygens (including phenoxy) is 3. The van der Waals surface area contributed by atoms with Gasteiger partial charge < -0.3 is 18.6 Å². The molecule has 3 aliphatic rings. The zero-order valence-corrected chi connectivity index (χ0v) is 23.9. The van der Waals surface area contributed by atoms with Crippen LogP contribution in [-0.4, -0.2) is 45.6 Å². The second-order valence-electron chi connectivity index (χ2n) is 12.1. The summed E-state index contributed by atoms with van der Waals surface area (Å²) in [7, 11) is -2.56. The van der Waals surface area contributed by atoms with Crippen molar-refractivity contribution in [2.24, 2.45) is 5.92 Å². The fourth-order valence-corrected chi connectivity index (χ4v) is 11.4. The summed E-state index contributed by atoms with van der Waals surface area (Å²) in [5.41, 5.74) is 0. The highest BCUT2D eigenvalue weighted by Gasteiger charge is 2.55. The first kappa shape index (κ1) is 26.8. The lowest BCUT2D eigenvalue weighted by atomic mass is 9.89. The standard InChI is InChI=1S/C32H44O4Si/c1-5-15-28-30-29(35-32(36-30)21-13-8-14-22-32)25(24-33-28)20-23-34-37(31(2,3)4,26-16-9-6-10-17-26)27-18-11-7-12-19-27/h5-7,9-12,16-19,25,28-30H,1,8,13-15,20-24H2,2-4H3/t25-,28-,29+,30-/m0/s1. The average Bonchev–Trinajstić information content (AvgIpc) is 3.27. The van der Waals surface area contributed by atoms with E-state index in [-0.39, 0.29) is 29.3 Å². The van der Waals surface area contributed by atoms with Crippen LogP contribution in [0.3, 0.4) is 0 Å². The summed E-state index contributed by atoms with van der Waals surface area (Å²) in [4.78, 5) is 0. The van der Waals surface area contributed by atoms with Crippen LogP contribution in [-0.2, 0) is 18.6 Å². The maximum Gasteiger partial charge on any atom is 0.261 e. The van der Waals surface area contributed by atoms with Gasteiger partial charge in [0.15, 0.2) is 5.79 Å². The molecule has 2 aromatic rings. The Morgan fingerprint density at radius 1 is 0.919 bits per heavy atom. The second kappa shape index (κ2) is 11.2. The number of hydrogen-bond acceptors (Lipinski definition) is 4. The summed E-state index contributed by atoms with van der Waals surface area (Å²) in [5.74, 6) is -0.164. The van der Waals surface area contributed by atoms with E-state index >= 15 is 0 Å². The highest BCUT2D eigenvalue weighted by atomic mass is 28.4. The molecule has 5 rings (SSSR count). The van der Waals surface area contributed by atoms with Gasteiger partial charge in [0, 0.05) is 25.4 Å². The van der Waals surface area contributed by atoms with E-state index in [0.29, 0.717) is 13.2 Å². The molecule has 0 aromatic heterocycles. The third-order valence-electron chi connectivity index (χ3n) is 8.62. The Balaban J connectivity index is 1.38. The predicted molar refractivity (Wildman–Crippen MR) is 152 cm³/mol. The van der Waals surface area contributed by atoms with E-state index in [1.807, 2.05) is 6.08 Å². The van der Waals surface area contributed by atoms with Crippen molar-refractivity contribution >= 4 is 18.7 Å². The molecule has 4 atom stereocenters. The second-order valence-corrected chi connectivity index (χ2v) is 16.4. The largest absolute Gasteiger partial charge is 0.407 e. The first-order valence-electron chi connectivity index (χ1n) is 14.2. The van der Waals surface area contributed by atoms with Gasteiger partial charge in [-0.15, -0.1) is 6.58 Å². The van der Waals surface area contributed by atoms with Gasteiger partial charge in [-0.3, -0.25) is 0 Å². The Kier molecular flexibility index (Phi) is 8.09. The molecule has 3 fully saturated rings. The van der Waals surface area contributed by atoms with Crippen molar-refractivity contribution in [3.05, 3.63) is 73.3 Å². The smallest absolute Gasteiger partial charge is 0.261 e. The van der Waals surface area contributed by atoms with E-state index in [4.69, 9.17) is 18.6 Å². The SMILES string of the molecule is C=CC[C@@H]1OC[C@H](CCO[Si](c2ccccc2)(c2ccccc2)C(C)(C)C)[C@H]2OC3(CCCCC3)O[C@H]21. The van der Waals surface area contributed by atoms with Gasteiger partial charge in [0.05, 0.1) is 18.8 Å². The van der Waals surface area contributed by atoms with Crippen LogP contribution in [0, 0.1) is 5.92 Å². The number of fused-ring (bicyclic) bond motifs is 1. The summed E-state index contributed by atoms with van der Waals surface area (Å²) in [5, 5.41) is 2.61. The minimum Gasteiger partial charge on any atom is -0.407 e. The Morgan fingerprint density at radius 2 is 1.51 bits per heavy atom. The lowest BCUT2D eigenvalue weighted by Crippen LogP contribution is -2.66. The molecule has 200 valence electrons. The zero-order chi connectivity index (χ0) is 25.9. The lowest BCUT2D eigenvalue weighted by molar-refractivity contribution is -0.198. The first-order chi connectivity index (χ1) is 17.9. The van der Waals surface area contributed by atoms with Crippen molar-refractivity contribution in [3.63, 3.8) is 0 Å². The maximum atomic E-state index is 7.20. The van der Waals surface area contributed by atoms with Crippen LogP contribution in [0.25, 0.3) is 0 Å². The van der Waals surface area contributed by atoms with Crippen molar-refractivity contribution in [1.82, 2.24) is 0 Å². The van der Waals surface area contributed by atoms with E-state index in [9.17, 15) is 0 Å². The molecule has 0 radical (unpaired) electrons. The topological polar surface area (TPSA) is 36.9 Å². The molecule has 0 amide bonds. The van der Waals surface area contributed by atoms with Crippen LogP contribution in [0.5, 0.6) is 0 Å². The zero-order valence-electron chi connectivity index (χ0n) is 22.9. The normalized spacial score (nSPS) is 27.6. The molecule has 2 aliphatic heterocycles. The molecule has 1 spiro atoms. The van der Waals surface area contributed by atoms with Gasteiger partial charge in [0.2, 0.25) is 0 Å². The summed E-state index contributed by atoms with van der Waals surface area (Å²) in [6, 6.07) is 21.8. The van der Waals surface area contributed by atoms with Crippen LogP contribution in [0.4, 0.5) is 0 Å². The van der Waals surface area contributed by atoms with Gasteiger partial charge >= 0.3 is 0 Å². The monoisotopic (exact) mass is 520 g/mol. The molecule has 2 saturated heterocycles. The molecule has 0 unspecified atom stereocenters. The summed E-state index contributed by atoms with van der Waals surface area (Å²) >= 11 is 0. The highest BCUT2D eigenvalue weighted by molar-refractivity contribution is 6.99. The fraction of sp³-hybridized carbons (Fsp3) is 0.562. The molecular weight excluding hydrogens is 476 g/mol. The average molecular weight is 521 g/mol. The Morgan fingerprint density at radius 3 is 2.08 bits per heavy atom. The van der Waals surface area contributed by atoms with Gasteiger partial charge in [-0.05, 0) is 41.1 Å². The first-order valence-corrected chi connectivity index (χ1v) is 16.1. The van der Waals surface area contributed by atoms with Crippen molar-refractivity contribution in [2.45, 2.75) is 94.9 Å². The molecule has 0 N–H and O–H groups in total. The quantitative estimate of drug-likeness (QED) is 0.317. The minimum absolute atomic E-state index is 0.0253. The van der Waals surface area contributed by atoms with E-state index in [1.165, 1.54) is 29.6 Å². The van der Waals surface area contributed by atoms with Crippen molar-refractivity contribution < 1.29 is 18.6 Å². The van der Waals surface area contributed by atoms with Crippen LogP contribution >= 0.6 is 0 Å². The van der Waals surface area contributed by atoms with Crippen molar-refractivity contribution in [3.8, 4) is 0 Å². The summed E-state index contributed by atoms with van der Waals surface area (Å²) in [6.07, 6.45) is 9.30. The minimum atomic E-state index is -2.56. The van der Waals surface area contributed by atoms with Crippen LogP contribution < -0.4 is 10.4 Å². The highest BCUT2D eigenvalue weighted by Crippen LogP contribution is 2.46. The van der Waals surface area contributed by atoms with Gasteiger partial charge in [0.25, 0.3) is 8.32 Å². The van der Waals surface area contributed by atoms with Crippen LogP contribution in [0.2, 0.25) is 5.04 Å². The van der Waals surface area contributed by atoms with E-state index < -0.39 is 14.1 Å². The number of rotatable bonds is 8. The number of benzene rings is 2. The van der Waals surface area contributed by atoms with E-state index in [1.54, 1.807) is 0 Å². The van der Waals surface area contributed by atoms with Crippen LogP contribution in [0.15, 0.2) is 73.3 Å². The Labute approximate surface area is 224 Å². The van der Waals surface area contributed by atoms with Crippen molar-refractivity contribution in [1.29, 1.82) is 0 Å². The van der Waals surface area contributed by atoms with E-state index in [2.05, 4.69) is 88.0 Å².